The fraction of sp³-hybridized carbons (Fsp3) is 0.158. The molecule has 10 nitrogen and oxygen atoms in total. The number of fused-ring (bicyclic) bond motifs is 1. The standard InChI is InChI=1S/C19H17N7O3/c1-25(10-17-21-16-8-3-2-7-15(16)19(28)22-17)18(27)11-29-14-6-4-5-13(9-14)26-12-20-23-24-26/h2-9,12H,10-11H2,1H3,(H,21,22,28). The molecule has 0 aliphatic heterocycles. The van der Waals surface area contributed by atoms with Crippen molar-refractivity contribution in [3.8, 4) is 11.4 Å². The second kappa shape index (κ2) is 7.89. The van der Waals surface area contributed by atoms with Crippen molar-refractivity contribution in [1.29, 1.82) is 0 Å². The first-order valence-electron chi connectivity index (χ1n) is 8.78. The molecule has 2 aromatic heterocycles. The molecule has 146 valence electrons. The van der Waals surface area contributed by atoms with E-state index in [1.165, 1.54) is 15.9 Å². The van der Waals surface area contributed by atoms with E-state index in [1.807, 2.05) is 12.1 Å². The summed E-state index contributed by atoms with van der Waals surface area (Å²) in [6, 6.07) is 14.1. The van der Waals surface area contributed by atoms with Crippen LogP contribution in [0.25, 0.3) is 16.6 Å². The highest BCUT2D eigenvalue weighted by Gasteiger charge is 2.13. The van der Waals surface area contributed by atoms with Crippen LogP contribution in [0.5, 0.6) is 5.75 Å². The second-order valence-electron chi connectivity index (χ2n) is 6.32. The van der Waals surface area contributed by atoms with Gasteiger partial charge < -0.3 is 14.6 Å². The van der Waals surface area contributed by atoms with Crippen molar-refractivity contribution in [2.45, 2.75) is 6.54 Å². The molecule has 0 saturated heterocycles. The molecule has 0 fully saturated rings. The summed E-state index contributed by atoms with van der Waals surface area (Å²) in [7, 11) is 1.62. The Hall–Kier alpha value is -4.08. The largest absolute Gasteiger partial charge is 0.484 e. The number of ether oxygens (including phenoxy) is 1. The Labute approximate surface area is 164 Å². The molecule has 0 radical (unpaired) electrons. The first kappa shape index (κ1) is 18.3. The minimum atomic E-state index is -0.256. The fourth-order valence-corrected chi connectivity index (χ4v) is 2.77. The number of likely N-dealkylation sites (N-methyl/N-ethyl adjacent to an activating group) is 1. The van der Waals surface area contributed by atoms with E-state index < -0.39 is 0 Å². The molecule has 29 heavy (non-hydrogen) atoms. The first-order chi connectivity index (χ1) is 14.1. The molecule has 2 heterocycles. The maximum atomic E-state index is 12.4. The van der Waals surface area contributed by atoms with Crippen molar-refractivity contribution in [1.82, 2.24) is 35.1 Å². The molecular formula is C19H17N7O3. The molecule has 0 aliphatic rings. The van der Waals surface area contributed by atoms with Gasteiger partial charge in [0.05, 0.1) is 23.1 Å². The molecule has 0 atom stereocenters. The van der Waals surface area contributed by atoms with Gasteiger partial charge in [0.1, 0.15) is 17.9 Å². The number of nitrogens with one attached hydrogen (secondary N) is 1. The zero-order valence-electron chi connectivity index (χ0n) is 15.5. The number of hydrogen-bond acceptors (Lipinski definition) is 7. The lowest BCUT2D eigenvalue weighted by molar-refractivity contribution is -0.132. The van der Waals surface area contributed by atoms with Crippen LogP contribution in [0.1, 0.15) is 5.82 Å². The summed E-state index contributed by atoms with van der Waals surface area (Å²) in [6.45, 7) is 0.000305. The van der Waals surface area contributed by atoms with Gasteiger partial charge in [0.25, 0.3) is 11.5 Å². The molecule has 1 amide bonds. The lowest BCUT2D eigenvalue weighted by atomic mass is 10.2. The van der Waals surface area contributed by atoms with E-state index in [4.69, 9.17) is 4.74 Å². The smallest absolute Gasteiger partial charge is 0.260 e. The summed E-state index contributed by atoms with van der Waals surface area (Å²) in [5.74, 6) is 0.663. The molecule has 4 rings (SSSR count). The van der Waals surface area contributed by atoms with E-state index in [2.05, 4.69) is 25.5 Å². The van der Waals surface area contributed by atoms with Gasteiger partial charge in [0.2, 0.25) is 0 Å². The Bertz CT molecular complexity index is 1200. The normalized spacial score (nSPS) is 10.8. The zero-order chi connectivity index (χ0) is 20.2. The third-order valence-corrected chi connectivity index (χ3v) is 4.27. The monoisotopic (exact) mass is 391 g/mol. The number of hydrogen-bond donors (Lipinski definition) is 1. The van der Waals surface area contributed by atoms with Gasteiger partial charge in [0.15, 0.2) is 6.61 Å². The van der Waals surface area contributed by atoms with Crippen LogP contribution >= 0.6 is 0 Å². The number of carbonyl (C=O) groups excluding carboxylic acids is 1. The first-order valence-corrected chi connectivity index (χ1v) is 8.78. The molecule has 1 N–H and O–H groups in total. The Morgan fingerprint density at radius 1 is 1.21 bits per heavy atom. The highest BCUT2D eigenvalue weighted by molar-refractivity contribution is 5.78. The summed E-state index contributed by atoms with van der Waals surface area (Å²) in [5, 5.41) is 11.5. The van der Waals surface area contributed by atoms with Gasteiger partial charge in [-0.05, 0) is 34.7 Å². The lowest BCUT2D eigenvalue weighted by Crippen LogP contribution is -2.32. The van der Waals surface area contributed by atoms with Crippen LogP contribution in [-0.2, 0) is 11.3 Å². The summed E-state index contributed by atoms with van der Waals surface area (Å²) < 4.78 is 7.08. The van der Waals surface area contributed by atoms with Crippen molar-refractivity contribution in [2.24, 2.45) is 0 Å². The van der Waals surface area contributed by atoms with Gasteiger partial charge in [0, 0.05) is 13.1 Å². The Morgan fingerprint density at radius 2 is 2.07 bits per heavy atom. The maximum absolute atomic E-state index is 12.4. The van der Waals surface area contributed by atoms with Crippen LogP contribution in [0.2, 0.25) is 0 Å². The fourth-order valence-electron chi connectivity index (χ4n) is 2.77. The number of rotatable bonds is 6. The summed E-state index contributed by atoms with van der Waals surface area (Å²) >= 11 is 0. The van der Waals surface area contributed by atoms with E-state index in [1.54, 1.807) is 43.4 Å². The summed E-state index contributed by atoms with van der Waals surface area (Å²) in [4.78, 5) is 33.1. The molecule has 0 saturated carbocycles. The van der Waals surface area contributed by atoms with Crippen LogP contribution in [0.3, 0.4) is 0 Å². The van der Waals surface area contributed by atoms with Crippen molar-refractivity contribution < 1.29 is 9.53 Å². The Kier molecular flexibility index (Phi) is 4.97. The molecule has 10 heteroatoms. The van der Waals surface area contributed by atoms with Crippen LogP contribution < -0.4 is 10.3 Å². The minimum absolute atomic E-state index is 0.159. The van der Waals surface area contributed by atoms with Gasteiger partial charge in [-0.3, -0.25) is 9.59 Å². The van der Waals surface area contributed by atoms with Crippen LogP contribution in [0.4, 0.5) is 0 Å². The molecular weight excluding hydrogens is 374 g/mol. The van der Waals surface area contributed by atoms with Gasteiger partial charge in [-0.1, -0.05) is 18.2 Å². The predicted molar refractivity (Wildman–Crippen MR) is 103 cm³/mol. The van der Waals surface area contributed by atoms with Crippen molar-refractivity contribution >= 4 is 16.8 Å². The number of tetrazole rings is 1. The highest BCUT2D eigenvalue weighted by Crippen LogP contribution is 2.16. The average Bonchev–Trinajstić information content (AvgIpc) is 3.27. The third kappa shape index (κ3) is 4.10. The number of para-hydroxylation sites is 1. The number of amides is 1. The highest BCUT2D eigenvalue weighted by atomic mass is 16.5. The lowest BCUT2D eigenvalue weighted by Gasteiger charge is -2.17. The zero-order valence-corrected chi connectivity index (χ0v) is 15.5. The molecule has 0 spiro atoms. The molecule has 0 aliphatic carbocycles. The van der Waals surface area contributed by atoms with E-state index in [9.17, 15) is 9.59 Å². The van der Waals surface area contributed by atoms with Crippen LogP contribution in [0.15, 0.2) is 59.7 Å². The Balaban J connectivity index is 1.40. The predicted octanol–water partition coefficient (Wildman–Crippen LogP) is 0.936. The number of aromatic amines is 1. The SMILES string of the molecule is CN(Cc1nc2ccccc2c(=O)[nH]1)C(=O)COc1cccc(-n2cnnn2)c1. The van der Waals surface area contributed by atoms with Crippen molar-refractivity contribution in [3.05, 3.63) is 71.0 Å². The molecule has 4 aromatic rings. The quantitative estimate of drug-likeness (QED) is 0.519. The average molecular weight is 391 g/mol. The number of carbonyl (C=O) groups is 1. The second-order valence-corrected chi connectivity index (χ2v) is 6.32. The number of benzene rings is 2. The van der Waals surface area contributed by atoms with Crippen LogP contribution in [-0.4, -0.2) is 54.6 Å². The van der Waals surface area contributed by atoms with Crippen molar-refractivity contribution in [3.63, 3.8) is 0 Å². The number of H-pyrrole nitrogens is 1. The van der Waals surface area contributed by atoms with Gasteiger partial charge in [-0.25, -0.2) is 9.67 Å². The topological polar surface area (TPSA) is 119 Å². The van der Waals surface area contributed by atoms with E-state index in [-0.39, 0.29) is 24.6 Å². The van der Waals surface area contributed by atoms with E-state index >= 15 is 0 Å². The minimum Gasteiger partial charge on any atom is -0.484 e. The molecule has 0 bridgehead atoms. The Morgan fingerprint density at radius 3 is 2.90 bits per heavy atom. The maximum Gasteiger partial charge on any atom is 0.260 e. The molecule has 2 aromatic carbocycles. The molecule has 0 unspecified atom stereocenters. The summed E-state index contributed by atoms with van der Waals surface area (Å²) in [6.07, 6.45) is 1.47. The van der Waals surface area contributed by atoms with E-state index in [0.29, 0.717) is 28.2 Å². The van der Waals surface area contributed by atoms with Crippen LogP contribution in [0, 0.1) is 0 Å². The number of nitrogens with zero attached hydrogens (tertiary/aromatic N) is 6. The van der Waals surface area contributed by atoms with Gasteiger partial charge in [-0.15, -0.1) is 5.10 Å². The van der Waals surface area contributed by atoms with E-state index in [0.717, 1.165) is 0 Å². The third-order valence-electron chi connectivity index (χ3n) is 4.27. The number of aromatic nitrogens is 6. The van der Waals surface area contributed by atoms with Crippen molar-refractivity contribution in [2.75, 3.05) is 13.7 Å². The van der Waals surface area contributed by atoms with Gasteiger partial charge in [-0.2, -0.15) is 0 Å². The van der Waals surface area contributed by atoms with Gasteiger partial charge >= 0.3 is 0 Å². The summed E-state index contributed by atoms with van der Waals surface area (Å²) in [5.41, 5.74) is 1.07.